The Labute approximate surface area is 153 Å². The van der Waals surface area contributed by atoms with Gasteiger partial charge in [0.1, 0.15) is 6.04 Å². The Morgan fingerprint density at radius 2 is 1.72 bits per heavy atom. The monoisotopic (exact) mass is 380 g/mol. The number of nitrogens with zero attached hydrogens (tertiary/aromatic N) is 1. The van der Waals surface area contributed by atoms with E-state index in [2.05, 4.69) is 5.32 Å². The Kier molecular flexibility index (Phi) is 5.75. The van der Waals surface area contributed by atoms with Gasteiger partial charge in [-0.1, -0.05) is 23.7 Å². The van der Waals surface area contributed by atoms with Gasteiger partial charge in [0.15, 0.2) is 0 Å². The van der Waals surface area contributed by atoms with Gasteiger partial charge < -0.3 is 5.32 Å². The second-order valence-corrected chi connectivity index (χ2v) is 8.31. The smallest absolute Gasteiger partial charge is 0.248 e. The molecule has 1 N–H and O–H groups in total. The first-order chi connectivity index (χ1) is 11.6. The Bertz CT molecular complexity index is 880. The first-order valence-corrected chi connectivity index (χ1v) is 9.95. The number of halogens is 1. The molecule has 1 atom stereocenters. The first kappa shape index (κ1) is 19.3. The minimum absolute atomic E-state index is 0.385. The van der Waals surface area contributed by atoms with Gasteiger partial charge in [0.05, 0.1) is 11.9 Å². The Morgan fingerprint density at radius 1 is 1.12 bits per heavy atom. The number of benzene rings is 2. The van der Waals surface area contributed by atoms with Crippen molar-refractivity contribution < 1.29 is 13.2 Å². The van der Waals surface area contributed by atoms with E-state index in [1.54, 1.807) is 31.2 Å². The minimum atomic E-state index is -3.66. The summed E-state index contributed by atoms with van der Waals surface area (Å²) in [4.78, 5) is 12.7. The molecule has 0 aliphatic rings. The van der Waals surface area contributed by atoms with Gasteiger partial charge in [-0.2, -0.15) is 0 Å². The average molecular weight is 381 g/mol. The summed E-state index contributed by atoms with van der Waals surface area (Å²) in [5.41, 5.74) is 2.96. The van der Waals surface area contributed by atoms with E-state index in [-0.39, 0.29) is 0 Å². The molecule has 0 spiro atoms. The van der Waals surface area contributed by atoms with Gasteiger partial charge in [0.2, 0.25) is 15.9 Å². The summed E-state index contributed by atoms with van der Waals surface area (Å²) < 4.78 is 25.6. The summed E-state index contributed by atoms with van der Waals surface area (Å²) in [6.07, 6.45) is 1.07. The van der Waals surface area contributed by atoms with Crippen molar-refractivity contribution in [2.75, 3.05) is 15.9 Å². The second kappa shape index (κ2) is 7.45. The lowest BCUT2D eigenvalue weighted by atomic mass is 10.1. The maximum absolute atomic E-state index is 12.7. The zero-order valence-electron chi connectivity index (χ0n) is 14.6. The molecule has 0 aliphatic heterocycles. The summed E-state index contributed by atoms with van der Waals surface area (Å²) in [6.45, 7) is 5.36. The van der Waals surface area contributed by atoms with Gasteiger partial charge in [0, 0.05) is 10.7 Å². The molecule has 0 aromatic heterocycles. The summed E-state index contributed by atoms with van der Waals surface area (Å²) in [5, 5.41) is 3.30. The van der Waals surface area contributed by atoms with E-state index in [9.17, 15) is 13.2 Å². The summed E-state index contributed by atoms with van der Waals surface area (Å²) in [6, 6.07) is 11.1. The number of carbonyl (C=O) groups is 1. The van der Waals surface area contributed by atoms with E-state index < -0.39 is 22.0 Å². The number of sulfonamides is 1. The zero-order chi connectivity index (χ0) is 18.8. The molecule has 0 radical (unpaired) electrons. The lowest BCUT2D eigenvalue weighted by Crippen LogP contribution is -2.45. The van der Waals surface area contributed by atoms with Gasteiger partial charge in [-0.3, -0.25) is 9.10 Å². The van der Waals surface area contributed by atoms with E-state index in [1.165, 1.54) is 0 Å². The van der Waals surface area contributed by atoms with Gasteiger partial charge in [0.25, 0.3) is 0 Å². The molecule has 0 bridgehead atoms. The lowest BCUT2D eigenvalue weighted by molar-refractivity contribution is -0.116. The fourth-order valence-corrected chi connectivity index (χ4v) is 3.81. The number of hydrogen-bond acceptors (Lipinski definition) is 3. The zero-order valence-corrected chi connectivity index (χ0v) is 16.1. The molecule has 5 nitrogen and oxygen atoms in total. The van der Waals surface area contributed by atoms with Crippen LogP contribution in [0.5, 0.6) is 0 Å². The SMILES string of the molecule is Cc1ccc(C)c(NC(=O)C(C)N(c2ccc(Cl)cc2)S(C)(=O)=O)c1. The highest BCUT2D eigenvalue weighted by Crippen LogP contribution is 2.24. The van der Waals surface area contributed by atoms with Crippen LogP contribution >= 0.6 is 11.6 Å². The van der Waals surface area contributed by atoms with Crippen molar-refractivity contribution in [1.82, 2.24) is 0 Å². The number of hydrogen-bond donors (Lipinski definition) is 1. The average Bonchev–Trinajstić information content (AvgIpc) is 2.51. The number of nitrogens with one attached hydrogen (secondary N) is 1. The van der Waals surface area contributed by atoms with Crippen LogP contribution in [0.3, 0.4) is 0 Å². The molecule has 2 rings (SSSR count). The molecular formula is C18H21ClN2O3S. The van der Waals surface area contributed by atoms with Gasteiger partial charge in [-0.15, -0.1) is 0 Å². The molecule has 0 saturated carbocycles. The van der Waals surface area contributed by atoms with Crippen molar-refractivity contribution in [3.8, 4) is 0 Å². The minimum Gasteiger partial charge on any atom is -0.324 e. The molecular weight excluding hydrogens is 360 g/mol. The molecule has 2 aromatic carbocycles. The van der Waals surface area contributed by atoms with Crippen LogP contribution in [0.25, 0.3) is 0 Å². The summed E-state index contributed by atoms with van der Waals surface area (Å²) >= 11 is 5.87. The quantitative estimate of drug-likeness (QED) is 0.858. The highest BCUT2D eigenvalue weighted by molar-refractivity contribution is 7.92. The molecule has 0 aliphatic carbocycles. The van der Waals surface area contributed by atoms with E-state index in [1.807, 2.05) is 32.0 Å². The maximum Gasteiger partial charge on any atom is 0.248 e. The third-order valence-corrected chi connectivity index (χ3v) is 5.31. The molecule has 0 heterocycles. The van der Waals surface area contributed by atoms with Crippen molar-refractivity contribution in [2.45, 2.75) is 26.8 Å². The molecule has 0 fully saturated rings. The van der Waals surface area contributed by atoms with Crippen LogP contribution in [0, 0.1) is 13.8 Å². The fourth-order valence-electron chi connectivity index (χ4n) is 2.50. The topological polar surface area (TPSA) is 66.5 Å². The molecule has 25 heavy (non-hydrogen) atoms. The Hall–Kier alpha value is -2.05. The lowest BCUT2D eigenvalue weighted by Gasteiger charge is -2.28. The first-order valence-electron chi connectivity index (χ1n) is 7.72. The number of aryl methyl sites for hydroxylation is 2. The molecule has 1 unspecified atom stereocenters. The largest absolute Gasteiger partial charge is 0.324 e. The molecule has 1 amide bonds. The van der Waals surface area contributed by atoms with E-state index in [0.29, 0.717) is 16.4 Å². The van der Waals surface area contributed by atoms with E-state index in [4.69, 9.17) is 11.6 Å². The Balaban J connectivity index is 2.33. The number of rotatable bonds is 5. The number of amides is 1. The third-order valence-electron chi connectivity index (χ3n) is 3.82. The van der Waals surface area contributed by atoms with Crippen LogP contribution < -0.4 is 9.62 Å². The van der Waals surface area contributed by atoms with Crippen LogP contribution in [0.4, 0.5) is 11.4 Å². The van der Waals surface area contributed by atoms with Crippen molar-refractivity contribution in [1.29, 1.82) is 0 Å². The molecule has 2 aromatic rings. The Morgan fingerprint density at radius 3 is 2.28 bits per heavy atom. The molecule has 0 saturated heterocycles. The molecule has 7 heteroatoms. The van der Waals surface area contributed by atoms with Crippen LogP contribution in [0.1, 0.15) is 18.1 Å². The van der Waals surface area contributed by atoms with Crippen molar-refractivity contribution in [3.05, 3.63) is 58.6 Å². The van der Waals surface area contributed by atoms with Crippen LogP contribution in [0.15, 0.2) is 42.5 Å². The van der Waals surface area contributed by atoms with Gasteiger partial charge in [-0.05, 0) is 62.2 Å². The standard InChI is InChI=1S/C18H21ClN2O3S/c1-12-5-6-13(2)17(11-12)20-18(22)14(3)21(25(4,23)24)16-9-7-15(19)8-10-16/h5-11,14H,1-4H3,(H,20,22). The fraction of sp³-hybridized carbons (Fsp3) is 0.278. The second-order valence-electron chi connectivity index (χ2n) is 6.02. The maximum atomic E-state index is 12.7. The van der Waals surface area contributed by atoms with Gasteiger partial charge >= 0.3 is 0 Å². The van der Waals surface area contributed by atoms with E-state index in [0.717, 1.165) is 21.7 Å². The van der Waals surface area contributed by atoms with Crippen LogP contribution in [0.2, 0.25) is 5.02 Å². The normalized spacial score (nSPS) is 12.5. The van der Waals surface area contributed by atoms with Crippen LogP contribution in [-0.4, -0.2) is 26.6 Å². The highest BCUT2D eigenvalue weighted by Gasteiger charge is 2.29. The van der Waals surface area contributed by atoms with Crippen molar-refractivity contribution in [2.24, 2.45) is 0 Å². The highest BCUT2D eigenvalue weighted by atomic mass is 35.5. The number of carbonyl (C=O) groups excluding carboxylic acids is 1. The van der Waals surface area contributed by atoms with Crippen molar-refractivity contribution in [3.63, 3.8) is 0 Å². The molecule has 134 valence electrons. The summed E-state index contributed by atoms with van der Waals surface area (Å²) in [7, 11) is -3.66. The predicted molar refractivity (Wildman–Crippen MR) is 103 cm³/mol. The van der Waals surface area contributed by atoms with Gasteiger partial charge in [-0.25, -0.2) is 8.42 Å². The van der Waals surface area contributed by atoms with Crippen molar-refractivity contribution >= 4 is 38.9 Å². The van der Waals surface area contributed by atoms with E-state index >= 15 is 0 Å². The predicted octanol–water partition coefficient (Wildman–Crippen LogP) is 3.75. The number of anilines is 2. The van der Waals surface area contributed by atoms with Crippen LogP contribution in [-0.2, 0) is 14.8 Å². The summed E-state index contributed by atoms with van der Waals surface area (Å²) in [5.74, 6) is -0.408. The third kappa shape index (κ3) is 4.74.